The Labute approximate surface area is 126 Å². The third kappa shape index (κ3) is 5.73. The topological polar surface area (TPSA) is 50.8 Å². The van der Waals surface area contributed by atoms with Crippen molar-refractivity contribution in [1.29, 1.82) is 0 Å². The average Bonchev–Trinajstić information content (AvgIpc) is 2.53. The van der Waals surface area contributed by atoms with Crippen molar-refractivity contribution >= 4 is 5.91 Å². The summed E-state index contributed by atoms with van der Waals surface area (Å²) in [5, 5.41) is 0. The van der Waals surface area contributed by atoms with Crippen molar-refractivity contribution in [2.75, 3.05) is 33.4 Å². The van der Waals surface area contributed by atoms with Gasteiger partial charge >= 0.3 is 0 Å². The molecule has 0 unspecified atom stereocenters. The van der Waals surface area contributed by atoms with Crippen LogP contribution < -0.4 is 10.2 Å². The fourth-order valence-corrected chi connectivity index (χ4v) is 2.45. The van der Waals surface area contributed by atoms with Crippen LogP contribution >= 0.6 is 0 Å². The molecule has 2 rings (SSSR count). The first-order chi connectivity index (χ1) is 10.3. The standard InChI is InChI=1S/C16H24N2O3/c1-20-15-7-5-14(6-8-15)13-16(19)17-21-12-11-18-9-3-2-4-10-18/h5-8H,2-4,9-13H2,1H3,(H,17,19). The molecule has 1 aromatic rings. The lowest BCUT2D eigenvalue weighted by atomic mass is 10.1. The number of piperidine rings is 1. The number of nitrogens with one attached hydrogen (secondary N) is 1. The monoisotopic (exact) mass is 292 g/mol. The van der Waals surface area contributed by atoms with Crippen LogP contribution in [0.5, 0.6) is 5.75 Å². The summed E-state index contributed by atoms with van der Waals surface area (Å²) in [7, 11) is 1.62. The Kier molecular flexibility index (Phi) is 6.50. The molecule has 1 aliphatic heterocycles. The van der Waals surface area contributed by atoms with E-state index in [0.717, 1.165) is 30.9 Å². The number of amides is 1. The van der Waals surface area contributed by atoms with E-state index in [1.165, 1.54) is 19.3 Å². The van der Waals surface area contributed by atoms with E-state index in [0.29, 0.717) is 13.0 Å². The maximum Gasteiger partial charge on any atom is 0.247 e. The number of rotatable bonds is 7. The maximum absolute atomic E-state index is 11.7. The first kappa shape index (κ1) is 15.8. The maximum atomic E-state index is 11.7. The average molecular weight is 292 g/mol. The first-order valence-corrected chi connectivity index (χ1v) is 7.54. The lowest BCUT2D eigenvalue weighted by Crippen LogP contribution is -2.35. The molecule has 0 aromatic heterocycles. The Hall–Kier alpha value is -1.59. The summed E-state index contributed by atoms with van der Waals surface area (Å²) < 4.78 is 5.08. The minimum Gasteiger partial charge on any atom is -0.497 e. The number of hydroxylamine groups is 1. The van der Waals surface area contributed by atoms with E-state index < -0.39 is 0 Å². The van der Waals surface area contributed by atoms with Gasteiger partial charge in [-0.25, -0.2) is 5.48 Å². The Morgan fingerprint density at radius 2 is 1.90 bits per heavy atom. The van der Waals surface area contributed by atoms with Crippen molar-refractivity contribution in [2.24, 2.45) is 0 Å². The highest BCUT2D eigenvalue weighted by atomic mass is 16.6. The molecule has 1 saturated heterocycles. The molecule has 21 heavy (non-hydrogen) atoms. The van der Waals surface area contributed by atoms with Crippen LogP contribution in [0.25, 0.3) is 0 Å². The van der Waals surface area contributed by atoms with Gasteiger partial charge in [0, 0.05) is 6.54 Å². The summed E-state index contributed by atoms with van der Waals surface area (Å²) in [4.78, 5) is 19.4. The van der Waals surface area contributed by atoms with Gasteiger partial charge < -0.3 is 9.64 Å². The van der Waals surface area contributed by atoms with Gasteiger partial charge in [-0.1, -0.05) is 18.6 Å². The van der Waals surface area contributed by atoms with Crippen molar-refractivity contribution in [2.45, 2.75) is 25.7 Å². The Morgan fingerprint density at radius 3 is 2.57 bits per heavy atom. The highest BCUT2D eigenvalue weighted by Crippen LogP contribution is 2.11. The van der Waals surface area contributed by atoms with Crippen LogP contribution in [0.15, 0.2) is 24.3 Å². The summed E-state index contributed by atoms with van der Waals surface area (Å²) >= 11 is 0. The van der Waals surface area contributed by atoms with Gasteiger partial charge in [-0.3, -0.25) is 9.63 Å². The second kappa shape index (κ2) is 8.64. The molecule has 116 valence electrons. The molecule has 0 aliphatic carbocycles. The first-order valence-electron chi connectivity index (χ1n) is 7.54. The van der Waals surface area contributed by atoms with Crippen molar-refractivity contribution in [3.05, 3.63) is 29.8 Å². The quantitative estimate of drug-likeness (QED) is 0.615. The van der Waals surface area contributed by atoms with Crippen LogP contribution in [0.2, 0.25) is 0 Å². The molecule has 1 aliphatic rings. The summed E-state index contributed by atoms with van der Waals surface area (Å²) in [6, 6.07) is 7.46. The Bertz CT molecular complexity index is 428. The van der Waals surface area contributed by atoms with E-state index in [-0.39, 0.29) is 5.91 Å². The third-order valence-electron chi connectivity index (χ3n) is 3.67. The van der Waals surface area contributed by atoms with E-state index in [2.05, 4.69) is 10.4 Å². The largest absolute Gasteiger partial charge is 0.497 e. The number of ether oxygens (including phenoxy) is 1. The van der Waals surface area contributed by atoms with Gasteiger partial charge in [0.25, 0.3) is 0 Å². The smallest absolute Gasteiger partial charge is 0.247 e. The Morgan fingerprint density at radius 1 is 1.19 bits per heavy atom. The number of hydrogen-bond acceptors (Lipinski definition) is 4. The van der Waals surface area contributed by atoms with Gasteiger partial charge in [-0.2, -0.15) is 0 Å². The SMILES string of the molecule is COc1ccc(CC(=O)NOCCN2CCCCC2)cc1. The molecular formula is C16H24N2O3. The zero-order chi connectivity index (χ0) is 14.9. The summed E-state index contributed by atoms with van der Waals surface area (Å²) in [6.45, 7) is 3.70. The van der Waals surface area contributed by atoms with E-state index in [1.54, 1.807) is 7.11 Å². The second-order valence-corrected chi connectivity index (χ2v) is 5.30. The molecular weight excluding hydrogens is 268 g/mol. The van der Waals surface area contributed by atoms with Crippen LogP contribution in [-0.4, -0.2) is 44.2 Å². The van der Waals surface area contributed by atoms with Crippen molar-refractivity contribution in [1.82, 2.24) is 10.4 Å². The van der Waals surface area contributed by atoms with E-state index >= 15 is 0 Å². The molecule has 1 heterocycles. The fourth-order valence-electron chi connectivity index (χ4n) is 2.45. The van der Waals surface area contributed by atoms with E-state index in [4.69, 9.17) is 9.57 Å². The molecule has 1 N–H and O–H groups in total. The molecule has 1 fully saturated rings. The van der Waals surface area contributed by atoms with Crippen LogP contribution in [0.3, 0.4) is 0 Å². The molecule has 0 radical (unpaired) electrons. The summed E-state index contributed by atoms with van der Waals surface area (Å²) in [6.07, 6.45) is 4.18. The van der Waals surface area contributed by atoms with Crippen LogP contribution in [-0.2, 0) is 16.1 Å². The number of likely N-dealkylation sites (tertiary alicyclic amines) is 1. The summed E-state index contributed by atoms with van der Waals surface area (Å²) in [5.74, 6) is 0.663. The van der Waals surface area contributed by atoms with Crippen LogP contribution in [0.1, 0.15) is 24.8 Å². The minimum atomic E-state index is -0.126. The summed E-state index contributed by atoms with van der Waals surface area (Å²) in [5.41, 5.74) is 3.44. The van der Waals surface area contributed by atoms with Gasteiger partial charge in [0.2, 0.25) is 5.91 Å². The van der Waals surface area contributed by atoms with Gasteiger partial charge in [0.15, 0.2) is 0 Å². The number of benzene rings is 1. The van der Waals surface area contributed by atoms with Gasteiger partial charge in [0.05, 0.1) is 20.1 Å². The fraction of sp³-hybridized carbons (Fsp3) is 0.562. The zero-order valence-electron chi connectivity index (χ0n) is 12.6. The van der Waals surface area contributed by atoms with Gasteiger partial charge in [-0.05, 0) is 43.6 Å². The van der Waals surface area contributed by atoms with Crippen molar-refractivity contribution in [3.8, 4) is 5.75 Å². The second-order valence-electron chi connectivity index (χ2n) is 5.30. The predicted octanol–water partition coefficient (Wildman–Crippen LogP) is 1.77. The normalized spacial score (nSPS) is 15.7. The molecule has 0 spiro atoms. The molecule has 0 saturated carbocycles. The minimum absolute atomic E-state index is 0.126. The molecule has 0 atom stereocenters. The van der Waals surface area contributed by atoms with Crippen LogP contribution in [0.4, 0.5) is 0 Å². The molecule has 1 aromatic carbocycles. The Balaban J connectivity index is 1.60. The number of carbonyl (C=O) groups excluding carboxylic acids is 1. The number of carbonyl (C=O) groups is 1. The van der Waals surface area contributed by atoms with E-state index in [9.17, 15) is 4.79 Å². The van der Waals surface area contributed by atoms with Crippen molar-refractivity contribution < 1.29 is 14.4 Å². The molecule has 5 heteroatoms. The van der Waals surface area contributed by atoms with Crippen molar-refractivity contribution in [3.63, 3.8) is 0 Å². The number of nitrogens with zero attached hydrogens (tertiary/aromatic N) is 1. The third-order valence-corrected chi connectivity index (χ3v) is 3.67. The zero-order valence-corrected chi connectivity index (χ0v) is 12.6. The molecule has 5 nitrogen and oxygen atoms in total. The predicted molar refractivity (Wildman–Crippen MR) is 81.1 cm³/mol. The molecule has 1 amide bonds. The lowest BCUT2D eigenvalue weighted by Gasteiger charge is -2.25. The van der Waals surface area contributed by atoms with Gasteiger partial charge in [0.1, 0.15) is 5.75 Å². The van der Waals surface area contributed by atoms with Gasteiger partial charge in [-0.15, -0.1) is 0 Å². The molecule has 0 bridgehead atoms. The lowest BCUT2D eigenvalue weighted by molar-refractivity contribution is -0.133. The number of hydrogen-bond donors (Lipinski definition) is 1. The highest BCUT2D eigenvalue weighted by molar-refractivity contribution is 5.77. The van der Waals surface area contributed by atoms with E-state index in [1.807, 2.05) is 24.3 Å². The number of methoxy groups -OCH3 is 1. The highest BCUT2D eigenvalue weighted by Gasteiger charge is 2.09. The van der Waals surface area contributed by atoms with Crippen LogP contribution in [0, 0.1) is 0 Å².